The van der Waals surface area contributed by atoms with Crippen molar-refractivity contribution in [2.24, 2.45) is 5.73 Å². The Bertz CT molecular complexity index is 856. The van der Waals surface area contributed by atoms with Crippen LogP contribution in [0.25, 0.3) is 16.8 Å². The largest absolute Gasteiger partial charge is 0.353 e. The van der Waals surface area contributed by atoms with Crippen LogP contribution in [0.5, 0.6) is 0 Å². The van der Waals surface area contributed by atoms with Crippen molar-refractivity contribution in [2.75, 3.05) is 18.0 Å². The van der Waals surface area contributed by atoms with Gasteiger partial charge in [0.05, 0.1) is 5.69 Å². The number of aromatic nitrogens is 3. The van der Waals surface area contributed by atoms with Gasteiger partial charge in [0, 0.05) is 43.2 Å². The van der Waals surface area contributed by atoms with Gasteiger partial charge in [0.2, 0.25) is 0 Å². The molecule has 118 valence electrons. The molecule has 5 nitrogen and oxygen atoms in total. The lowest BCUT2D eigenvalue weighted by Crippen LogP contribution is -2.27. The van der Waals surface area contributed by atoms with Crippen LogP contribution < -0.4 is 10.6 Å². The van der Waals surface area contributed by atoms with Crippen LogP contribution in [0.2, 0.25) is 0 Å². The predicted octanol–water partition coefficient (Wildman–Crippen LogP) is 2.21. The second-order valence-corrected chi connectivity index (χ2v) is 5.76. The second kappa shape index (κ2) is 5.27. The van der Waals surface area contributed by atoms with Crippen molar-refractivity contribution < 1.29 is 8.78 Å². The number of nitrogens with two attached hydrogens (primary N) is 1. The Morgan fingerprint density at radius 1 is 1.13 bits per heavy atom. The van der Waals surface area contributed by atoms with Gasteiger partial charge in [-0.3, -0.25) is 0 Å². The van der Waals surface area contributed by atoms with Gasteiger partial charge in [0.1, 0.15) is 17.2 Å². The third-order valence-corrected chi connectivity index (χ3v) is 4.05. The van der Waals surface area contributed by atoms with Crippen molar-refractivity contribution >= 4 is 11.3 Å². The summed E-state index contributed by atoms with van der Waals surface area (Å²) in [4.78, 5) is 6.54. The van der Waals surface area contributed by atoms with E-state index < -0.39 is 11.6 Å². The number of hydrogen-bond acceptors (Lipinski definition) is 4. The molecule has 0 bridgehead atoms. The van der Waals surface area contributed by atoms with E-state index in [9.17, 15) is 8.78 Å². The maximum absolute atomic E-state index is 13.4. The Hall–Kier alpha value is -2.54. The van der Waals surface area contributed by atoms with Gasteiger partial charge in [-0.25, -0.2) is 18.3 Å². The van der Waals surface area contributed by atoms with E-state index in [0.29, 0.717) is 11.3 Å². The maximum atomic E-state index is 13.4. The maximum Gasteiger partial charge on any atom is 0.154 e. The van der Waals surface area contributed by atoms with E-state index in [1.54, 1.807) is 23.0 Å². The number of nitrogens with zero attached hydrogens (tertiary/aromatic N) is 4. The van der Waals surface area contributed by atoms with Crippen molar-refractivity contribution in [2.45, 2.75) is 12.5 Å². The van der Waals surface area contributed by atoms with Gasteiger partial charge in [-0.15, -0.1) is 0 Å². The zero-order valence-electron chi connectivity index (χ0n) is 12.3. The summed E-state index contributed by atoms with van der Waals surface area (Å²) in [6, 6.07) is 5.31. The molecule has 23 heavy (non-hydrogen) atoms. The molecule has 1 aromatic carbocycles. The molecule has 0 amide bonds. The zero-order chi connectivity index (χ0) is 16.0. The van der Waals surface area contributed by atoms with Gasteiger partial charge < -0.3 is 10.6 Å². The molecule has 3 aromatic rings. The van der Waals surface area contributed by atoms with Crippen LogP contribution in [-0.4, -0.2) is 33.7 Å². The molecular formula is C16H15F2N5. The van der Waals surface area contributed by atoms with E-state index in [4.69, 9.17) is 5.73 Å². The highest BCUT2D eigenvalue weighted by molar-refractivity contribution is 5.75. The number of benzene rings is 1. The molecule has 0 saturated carbocycles. The highest BCUT2D eigenvalue weighted by Crippen LogP contribution is 2.27. The fourth-order valence-electron chi connectivity index (χ4n) is 2.97. The molecule has 0 aliphatic carbocycles. The topological polar surface area (TPSA) is 59.5 Å². The standard InChI is InChI=1S/C16H15F2N5/c17-11-5-10(6-12(18)7-11)14-8-15-16(20-2-4-23(15)21-14)22-3-1-13(19)9-22/h2,4-8,13H,1,3,9,19H2. The monoisotopic (exact) mass is 315 g/mol. The lowest BCUT2D eigenvalue weighted by atomic mass is 10.1. The van der Waals surface area contributed by atoms with Gasteiger partial charge >= 0.3 is 0 Å². The number of hydrogen-bond donors (Lipinski definition) is 1. The van der Waals surface area contributed by atoms with E-state index >= 15 is 0 Å². The first-order valence-electron chi connectivity index (χ1n) is 7.41. The summed E-state index contributed by atoms with van der Waals surface area (Å²) in [6.07, 6.45) is 4.29. The SMILES string of the molecule is NC1CCN(c2nccn3nc(-c4cc(F)cc(F)c4)cc23)C1. The van der Waals surface area contributed by atoms with Crippen LogP contribution in [0.4, 0.5) is 14.6 Å². The molecule has 1 atom stereocenters. The third kappa shape index (κ3) is 2.53. The normalized spacial score (nSPS) is 18.0. The fraction of sp³-hybridized carbons (Fsp3) is 0.250. The Balaban J connectivity index is 1.81. The number of halogens is 2. The lowest BCUT2D eigenvalue weighted by Gasteiger charge is -2.17. The average Bonchev–Trinajstić information content (AvgIpc) is 3.11. The Morgan fingerprint density at radius 2 is 1.91 bits per heavy atom. The molecule has 0 radical (unpaired) electrons. The lowest BCUT2D eigenvalue weighted by molar-refractivity contribution is 0.584. The van der Waals surface area contributed by atoms with Crippen molar-refractivity contribution in [1.82, 2.24) is 14.6 Å². The van der Waals surface area contributed by atoms with Crippen molar-refractivity contribution in [3.8, 4) is 11.3 Å². The summed E-state index contributed by atoms with van der Waals surface area (Å²) >= 11 is 0. The summed E-state index contributed by atoms with van der Waals surface area (Å²) in [5, 5.41) is 4.40. The first kappa shape index (κ1) is 14.1. The smallest absolute Gasteiger partial charge is 0.154 e. The van der Waals surface area contributed by atoms with E-state index in [1.807, 2.05) is 0 Å². The highest BCUT2D eigenvalue weighted by Gasteiger charge is 2.23. The van der Waals surface area contributed by atoms with Gasteiger partial charge in [-0.1, -0.05) is 0 Å². The van der Waals surface area contributed by atoms with Gasteiger partial charge in [0.25, 0.3) is 0 Å². The predicted molar refractivity (Wildman–Crippen MR) is 83.1 cm³/mol. The van der Waals surface area contributed by atoms with Gasteiger partial charge in [0.15, 0.2) is 5.82 Å². The molecule has 0 spiro atoms. The summed E-state index contributed by atoms with van der Waals surface area (Å²) in [5.41, 5.74) is 7.65. The van der Waals surface area contributed by atoms with Gasteiger partial charge in [-0.2, -0.15) is 5.10 Å². The Labute approximate surface area is 131 Å². The van der Waals surface area contributed by atoms with Crippen molar-refractivity contribution in [1.29, 1.82) is 0 Å². The Morgan fingerprint density at radius 3 is 2.61 bits per heavy atom. The molecule has 4 rings (SSSR count). The molecule has 3 heterocycles. The zero-order valence-corrected chi connectivity index (χ0v) is 12.3. The molecule has 1 unspecified atom stereocenters. The van der Waals surface area contributed by atoms with Crippen LogP contribution in [-0.2, 0) is 0 Å². The van der Waals surface area contributed by atoms with Crippen LogP contribution in [0.15, 0.2) is 36.7 Å². The minimum atomic E-state index is -0.624. The van der Waals surface area contributed by atoms with Crippen LogP contribution in [0, 0.1) is 11.6 Å². The average molecular weight is 315 g/mol. The van der Waals surface area contributed by atoms with E-state index in [2.05, 4.69) is 15.0 Å². The summed E-state index contributed by atoms with van der Waals surface area (Å²) in [6.45, 7) is 1.57. The van der Waals surface area contributed by atoms with Gasteiger partial charge in [-0.05, 0) is 24.6 Å². The van der Waals surface area contributed by atoms with Crippen molar-refractivity contribution in [3.05, 3.63) is 48.3 Å². The molecule has 1 saturated heterocycles. The number of rotatable bonds is 2. The number of fused-ring (bicyclic) bond motifs is 1. The molecule has 2 aromatic heterocycles. The summed E-state index contributed by atoms with van der Waals surface area (Å²) in [7, 11) is 0. The van der Waals surface area contributed by atoms with Crippen LogP contribution in [0.3, 0.4) is 0 Å². The van der Waals surface area contributed by atoms with E-state index in [0.717, 1.165) is 36.9 Å². The van der Waals surface area contributed by atoms with Crippen molar-refractivity contribution in [3.63, 3.8) is 0 Å². The van der Waals surface area contributed by atoms with Crippen LogP contribution in [0.1, 0.15) is 6.42 Å². The Kier molecular flexibility index (Phi) is 3.23. The summed E-state index contributed by atoms with van der Waals surface area (Å²) < 4.78 is 28.5. The third-order valence-electron chi connectivity index (χ3n) is 4.05. The first-order valence-corrected chi connectivity index (χ1v) is 7.41. The molecule has 1 aliphatic heterocycles. The molecule has 1 fully saturated rings. The molecule has 1 aliphatic rings. The van der Waals surface area contributed by atoms with Crippen LogP contribution >= 0.6 is 0 Å². The molecule has 7 heteroatoms. The first-order chi connectivity index (χ1) is 11.1. The van der Waals surface area contributed by atoms with E-state index in [1.165, 1.54) is 12.1 Å². The fourth-order valence-corrected chi connectivity index (χ4v) is 2.97. The molecular weight excluding hydrogens is 300 g/mol. The minimum Gasteiger partial charge on any atom is -0.353 e. The second-order valence-electron chi connectivity index (χ2n) is 5.76. The quantitative estimate of drug-likeness (QED) is 0.788. The summed E-state index contributed by atoms with van der Waals surface area (Å²) in [5.74, 6) is -0.460. The number of anilines is 1. The van der Waals surface area contributed by atoms with E-state index in [-0.39, 0.29) is 6.04 Å². The highest BCUT2D eigenvalue weighted by atomic mass is 19.1. The molecule has 2 N–H and O–H groups in total. The minimum absolute atomic E-state index is 0.136.